The molecule has 2 atom stereocenters. The number of rotatable bonds is 9. The van der Waals surface area contributed by atoms with Crippen LogP contribution in [0.2, 0.25) is 0 Å². The van der Waals surface area contributed by atoms with Gasteiger partial charge in [-0.25, -0.2) is 13.2 Å². The second kappa shape index (κ2) is 11.1. The second-order valence-corrected chi connectivity index (χ2v) is 10.9. The van der Waals surface area contributed by atoms with E-state index >= 15 is 0 Å². The Bertz CT molecular complexity index is 1120. The number of carbonyl (C=O) groups is 2. The molecule has 2 unspecified atom stereocenters. The highest BCUT2D eigenvalue weighted by Gasteiger charge is 2.32. The van der Waals surface area contributed by atoms with Crippen molar-refractivity contribution in [1.29, 1.82) is 0 Å². The largest absolute Gasteiger partial charge is 0.462 e. The molecule has 0 aliphatic carbocycles. The fourth-order valence-electron chi connectivity index (χ4n) is 3.67. The number of carbonyl (C=O) groups excluding carboxylic acids is 2. The molecule has 1 aliphatic heterocycles. The fraction of sp³-hybridized carbons (Fsp3) is 0.440. The Morgan fingerprint density at radius 2 is 1.71 bits per heavy atom. The number of ether oxygens (including phenoxy) is 2. The summed E-state index contributed by atoms with van der Waals surface area (Å²) in [6.45, 7) is 8.39. The number of morpholine rings is 1. The molecule has 2 aromatic rings. The Kier molecular flexibility index (Phi) is 8.46. The number of hydrogen-bond donors (Lipinski definition) is 1. The molecule has 0 bridgehead atoms. The van der Waals surface area contributed by atoms with E-state index in [1.54, 1.807) is 36.4 Å². The average molecular weight is 489 g/mol. The lowest BCUT2D eigenvalue weighted by Crippen LogP contribution is -2.48. The van der Waals surface area contributed by atoms with Crippen LogP contribution >= 0.6 is 0 Å². The maximum Gasteiger partial charge on any atom is 0.338 e. The van der Waals surface area contributed by atoms with Crippen LogP contribution in [0.4, 0.5) is 5.69 Å². The van der Waals surface area contributed by atoms with Gasteiger partial charge in [-0.15, -0.1) is 0 Å². The van der Waals surface area contributed by atoms with Crippen molar-refractivity contribution in [2.45, 2.75) is 44.8 Å². The third kappa shape index (κ3) is 6.65. The van der Waals surface area contributed by atoms with Gasteiger partial charge in [0.05, 0.1) is 35.8 Å². The number of Topliss-reactive ketones (excluding diaryl/α,β-unsaturated/α-hetero) is 1. The van der Waals surface area contributed by atoms with E-state index in [9.17, 15) is 18.0 Å². The lowest BCUT2D eigenvalue weighted by atomic mass is 10.1. The van der Waals surface area contributed by atoms with E-state index in [1.165, 1.54) is 16.4 Å². The van der Waals surface area contributed by atoms with Crippen molar-refractivity contribution in [1.82, 2.24) is 4.31 Å². The first-order chi connectivity index (χ1) is 16.1. The summed E-state index contributed by atoms with van der Waals surface area (Å²) in [4.78, 5) is 25.0. The predicted molar refractivity (Wildman–Crippen MR) is 130 cm³/mol. The summed E-state index contributed by atoms with van der Waals surface area (Å²) >= 11 is 0. The molecule has 0 radical (unpaired) electrons. The lowest BCUT2D eigenvalue weighted by molar-refractivity contribution is -0.0440. The van der Waals surface area contributed by atoms with Gasteiger partial charge in [0.1, 0.15) is 0 Å². The topological polar surface area (TPSA) is 102 Å². The van der Waals surface area contributed by atoms with Crippen LogP contribution in [0.25, 0.3) is 0 Å². The molecular formula is C25H32N2O6S. The van der Waals surface area contributed by atoms with Crippen molar-refractivity contribution in [3.63, 3.8) is 0 Å². The van der Waals surface area contributed by atoms with Gasteiger partial charge in [-0.2, -0.15) is 4.31 Å². The van der Waals surface area contributed by atoms with Gasteiger partial charge in [0, 0.05) is 24.3 Å². The molecule has 2 aromatic carbocycles. The highest BCUT2D eigenvalue weighted by molar-refractivity contribution is 7.89. The average Bonchev–Trinajstić information content (AvgIpc) is 2.80. The van der Waals surface area contributed by atoms with Crippen molar-refractivity contribution in [3.05, 3.63) is 59.7 Å². The van der Waals surface area contributed by atoms with Crippen molar-refractivity contribution in [2.75, 3.05) is 31.6 Å². The van der Waals surface area contributed by atoms with E-state index in [2.05, 4.69) is 5.32 Å². The van der Waals surface area contributed by atoms with Gasteiger partial charge in [-0.1, -0.05) is 32.0 Å². The first-order valence-corrected chi connectivity index (χ1v) is 12.8. The second-order valence-electron chi connectivity index (χ2n) is 8.96. The molecule has 34 heavy (non-hydrogen) atoms. The molecule has 1 heterocycles. The van der Waals surface area contributed by atoms with Crippen LogP contribution in [-0.4, -0.2) is 62.9 Å². The van der Waals surface area contributed by atoms with Crippen molar-refractivity contribution in [3.8, 4) is 0 Å². The Morgan fingerprint density at radius 1 is 1.06 bits per heavy atom. The van der Waals surface area contributed by atoms with Crippen molar-refractivity contribution >= 4 is 27.5 Å². The van der Waals surface area contributed by atoms with Gasteiger partial charge >= 0.3 is 5.97 Å². The quantitative estimate of drug-likeness (QED) is 0.425. The summed E-state index contributed by atoms with van der Waals surface area (Å²) in [6.07, 6.45) is -0.406. The van der Waals surface area contributed by atoms with Crippen LogP contribution in [0, 0.1) is 5.92 Å². The number of hydrogen-bond acceptors (Lipinski definition) is 7. The molecule has 0 spiro atoms. The molecule has 3 rings (SSSR count). The van der Waals surface area contributed by atoms with E-state index in [0.717, 1.165) is 0 Å². The maximum atomic E-state index is 13.1. The maximum absolute atomic E-state index is 13.1. The van der Waals surface area contributed by atoms with Crippen molar-refractivity contribution in [2.24, 2.45) is 5.92 Å². The van der Waals surface area contributed by atoms with E-state index < -0.39 is 16.0 Å². The molecule has 1 fully saturated rings. The van der Waals surface area contributed by atoms with E-state index in [0.29, 0.717) is 17.9 Å². The highest BCUT2D eigenvalue weighted by atomic mass is 32.2. The monoisotopic (exact) mass is 488 g/mol. The molecule has 8 nitrogen and oxygen atoms in total. The van der Waals surface area contributed by atoms with Crippen LogP contribution in [0.1, 0.15) is 48.4 Å². The minimum atomic E-state index is -3.75. The van der Waals surface area contributed by atoms with Crippen LogP contribution in [0.15, 0.2) is 53.4 Å². The number of nitrogens with one attached hydrogen (secondary N) is 1. The van der Waals surface area contributed by atoms with Gasteiger partial charge < -0.3 is 14.8 Å². The molecule has 184 valence electrons. The van der Waals surface area contributed by atoms with Gasteiger partial charge in [-0.3, -0.25) is 4.79 Å². The molecule has 1 saturated heterocycles. The summed E-state index contributed by atoms with van der Waals surface area (Å²) in [5, 5.41) is 3.00. The number of sulfonamides is 1. The zero-order valence-electron chi connectivity index (χ0n) is 20.0. The summed E-state index contributed by atoms with van der Waals surface area (Å²) in [5.74, 6) is -0.459. The Hall–Kier alpha value is -2.75. The third-order valence-electron chi connectivity index (χ3n) is 5.28. The Labute approximate surface area is 201 Å². The normalized spacial score (nSPS) is 19.1. The number of ketones is 1. The molecular weight excluding hydrogens is 456 g/mol. The summed E-state index contributed by atoms with van der Waals surface area (Å²) in [5.41, 5.74) is 1.27. The van der Waals surface area contributed by atoms with E-state index in [4.69, 9.17) is 9.47 Å². The lowest BCUT2D eigenvalue weighted by Gasteiger charge is -2.34. The van der Waals surface area contributed by atoms with E-state index in [1.807, 2.05) is 27.7 Å². The highest BCUT2D eigenvalue weighted by Crippen LogP contribution is 2.22. The summed E-state index contributed by atoms with van der Waals surface area (Å²) < 4.78 is 38.5. The van der Waals surface area contributed by atoms with Gasteiger partial charge in [0.2, 0.25) is 10.0 Å². The molecule has 0 saturated carbocycles. The zero-order valence-corrected chi connectivity index (χ0v) is 20.8. The molecule has 0 aromatic heterocycles. The van der Waals surface area contributed by atoms with Crippen LogP contribution in [-0.2, 0) is 19.5 Å². The van der Waals surface area contributed by atoms with Gasteiger partial charge in [-0.05, 0) is 50.1 Å². The number of nitrogens with zero attached hydrogens (tertiary/aromatic N) is 1. The van der Waals surface area contributed by atoms with Crippen LogP contribution in [0.5, 0.6) is 0 Å². The van der Waals surface area contributed by atoms with Gasteiger partial charge in [0.25, 0.3) is 0 Å². The van der Waals surface area contributed by atoms with Crippen molar-refractivity contribution < 1.29 is 27.5 Å². The standard InChI is InChI=1S/C25H32N2O6S/c1-17(2)16-32-25(29)21-8-5-9-22(11-21)26-13-24(28)20-7-6-10-23(12-20)34(30,31)27-14-18(3)33-19(4)15-27/h5-12,17-19,26H,13-16H2,1-4H3. The Morgan fingerprint density at radius 3 is 2.38 bits per heavy atom. The van der Waals surface area contributed by atoms with Crippen LogP contribution in [0.3, 0.4) is 0 Å². The summed E-state index contributed by atoms with van der Waals surface area (Å²) in [6, 6.07) is 12.8. The molecule has 9 heteroatoms. The number of anilines is 1. The molecule has 1 aliphatic rings. The fourth-order valence-corrected chi connectivity index (χ4v) is 5.31. The zero-order chi connectivity index (χ0) is 24.9. The van der Waals surface area contributed by atoms with E-state index in [-0.39, 0.29) is 54.0 Å². The third-order valence-corrected chi connectivity index (χ3v) is 7.11. The molecule has 1 N–H and O–H groups in total. The van der Waals surface area contributed by atoms with Crippen LogP contribution < -0.4 is 5.32 Å². The number of benzene rings is 2. The minimum Gasteiger partial charge on any atom is -0.462 e. The Balaban J connectivity index is 1.67. The molecule has 0 amide bonds. The van der Waals surface area contributed by atoms with Gasteiger partial charge in [0.15, 0.2) is 5.78 Å². The number of esters is 1. The predicted octanol–water partition coefficient (Wildman–Crippen LogP) is 3.59. The first kappa shape index (κ1) is 25.9. The smallest absolute Gasteiger partial charge is 0.338 e. The first-order valence-electron chi connectivity index (χ1n) is 11.4. The SMILES string of the molecule is CC(C)COC(=O)c1cccc(NCC(=O)c2cccc(S(=O)(=O)N3CC(C)OC(C)C3)c2)c1. The minimum absolute atomic E-state index is 0.0559. The summed E-state index contributed by atoms with van der Waals surface area (Å²) in [7, 11) is -3.75.